The molecule has 0 spiro atoms. The third-order valence-corrected chi connectivity index (χ3v) is 5.31. The SMILES string of the molecule is C=C1C(NC(=O)c2nc(C)oc2C)C[C@H]2C[C@@H]1C2(C)C. The van der Waals surface area contributed by atoms with E-state index >= 15 is 0 Å². The van der Waals surface area contributed by atoms with Crippen LogP contribution >= 0.6 is 0 Å². The van der Waals surface area contributed by atoms with Crippen molar-refractivity contribution >= 4 is 5.91 Å². The highest BCUT2D eigenvalue weighted by Gasteiger charge is 2.54. The molecule has 3 fully saturated rings. The Labute approximate surface area is 119 Å². The fraction of sp³-hybridized carbons (Fsp3) is 0.625. The van der Waals surface area contributed by atoms with Gasteiger partial charge in [-0.3, -0.25) is 4.79 Å². The van der Waals surface area contributed by atoms with E-state index < -0.39 is 0 Å². The summed E-state index contributed by atoms with van der Waals surface area (Å²) in [4.78, 5) is 16.5. The first-order chi connectivity index (χ1) is 9.30. The zero-order chi connectivity index (χ0) is 14.7. The Hall–Kier alpha value is -1.58. The molecule has 1 heterocycles. The van der Waals surface area contributed by atoms with E-state index in [1.807, 2.05) is 0 Å². The molecule has 20 heavy (non-hydrogen) atoms. The van der Waals surface area contributed by atoms with Crippen molar-refractivity contribution in [2.45, 2.75) is 46.6 Å². The highest BCUT2D eigenvalue weighted by Crippen LogP contribution is 2.60. The average molecular weight is 274 g/mol. The van der Waals surface area contributed by atoms with Crippen molar-refractivity contribution in [1.82, 2.24) is 10.3 Å². The molecule has 1 aromatic rings. The zero-order valence-corrected chi connectivity index (χ0v) is 12.6. The summed E-state index contributed by atoms with van der Waals surface area (Å²) < 4.78 is 5.32. The molecule has 4 nitrogen and oxygen atoms in total. The summed E-state index contributed by atoms with van der Waals surface area (Å²) in [5.41, 5.74) is 1.91. The van der Waals surface area contributed by atoms with Gasteiger partial charge >= 0.3 is 0 Å². The molecule has 3 aliphatic rings. The normalized spacial score (nSPS) is 30.8. The van der Waals surface area contributed by atoms with Gasteiger partial charge in [-0.05, 0) is 37.0 Å². The number of hydrogen-bond acceptors (Lipinski definition) is 3. The first-order valence-corrected chi connectivity index (χ1v) is 7.24. The molecule has 0 radical (unpaired) electrons. The fourth-order valence-corrected chi connectivity index (χ4v) is 3.84. The van der Waals surface area contributed by atoms with Gasteiger partial charge in [-0.15, -0.1) is 0 Å². The molecule has 1 amide bonds. The molecular formula is C16H22N2O2. The molecule has 108 valence electrons. The number of aryl methyl sites for hydroxylation is 2. The number of nitrogens with zero attached hydrogens (tertiary/aromatic N) is 1. The van der Waals surface area contributed by atoms with Gasteiger partial charge in [0.05, 0.1) is 6.04 Å². The lowest BCUT2D eigenvalue weighted by atomic mass is 9.46. The highest BCUT2D eigenvalue weighted by atomic mass is 16.4. The predicted octanol–water partition coefficient (Wildman–Crippen LogP) is 3.01. The summed E-state index contributed by atoms with van der Waals surface area (Å²) in [6.07, 6.45) is 2.21. The lowest BCUT2D eigenvalue weighted by molar-refractivity contribution is -0.0375. The largest absolute Gasteiger partial charge is 0.445 e. The molecule has 0 aromatic carbocycles. The Kier molecular flexibility index (Phi) is 2.82. The molecule has 3 atom stereocenters. The van der Waals surface area contributed by atoms with Gasteiger partial charge in [0.2, 0.25) is 0 Å². The molecule has 1 aromatic heterocycles. The standard InChI is InChI=1S/C16H22N2O2/c1-8-12-6-11(16(12,4)5)7-13(8)18-15(19)14-9(2)20-10(3)17-14/h11-13H,1,6-7H2,2-5H3,(H,18,19)/t11-,12+,13?/m1/s1. The molecule has 1 unspecified atom stereocenters. The van der Waals surface area contributed by atoms with E-state index in [4.69, 9.17) is 4.42 Å². The number of nitrogens with one attached hydrogen (secondary N) is 1. The predicted molar refractivity (Wildman–Crippen MR) is 76.4 cm³/mol. The lowest BCUT2D eigenvalue weighted by Gasteiger charge is -2.59. The average Bonchev–Trinajstić information content (AvgIpc) is 2.70. The van der Waals surface area contributed by atoms with E-state index in [1.165, 1.54) is 12.0 Å². The summed E-state index contributed by atoms with van der Waals surface area (Å²) in [6.45, 7) is 12.4. The van der Waals surface area contributed by atoms with Crippen LogP contribution in [0.25, 0.3) is 0 Å². The minimum atomic E-state index is -0.149. The number of amides is 1. The monoisotopic (exact) mass is 274 g/mol. The molecule has 4 rings (SSSR count). The van der Waals surface area contributed by atoms with Gasteiger partial charge in [-0.25, -0.2) is 4.98 Å². The van der Waals surface area contributed by atoms with Gasteiger partial charge in [0.25, 0.3) is 5.91 Å². The van der Waals surface area contributed by atoms with Gasteiger partial charge < -0.3 is 9.73 Å². The second kappa shape index (κ2) is 4.21. The number of carbonyl (C=O) groups is 1. The van der Waals surface area contributed by atoms with E-state index in [0.29, 0.717) is 34.6 Å². The van der Waals surface area contributed by atoms with Crippen LogP contribution in [0.1, 0.15) is 48.8 Å². The topological polar surface area (TPSA) is 55.1 Å². The Morgan fingerprint density at radius 3 is 2.60 bits per heavy atom. The quantitative estimate of drug-likeness (QED) is 0.843. The van der Waals surface area contributed by atoms with Gasteiger partial charge in [-0.1, -0.05) is 26.0 Å². The third-order valence-electron chi connectivity index (χ3n) is 5.31. The first-order valence-electron chi connectivity index (χ1n) is 7.24. The van der Waals surface area contributed by atoms with Crippen molar-refractivity contribution in [2.24, 2.45) is 17.3 Å². The van der Waals surface area contributed by atoms with Crippen molar-refractivity contribution in [1.29, 1.82) is 0 Å². The van der Waals surface area contributed by atoms with E-state index in [0.717, 1.165) is 6.42 Å². The number of hydrogen-bond donors (Lipinski definition) is 1. The summed E-state index contributed by atoms with van der Waals surface area (Å²) in [5, 5.41) is 3.08. The van der Waals surface area contributed by atoms with Crippen LogP contribution in [0.15, 0.2) is 16.6 Å². The second-order valence-electron chi connectivity index (χ2n) is 6.78. The van der Waals surface area contributed by atoms with Crippen molar-refractivity contribution < 1.29 is 9.21 Å². The second-order valence-corrected chi connectivity index (χ2v) is 6.78. The van der Waals surface area contributed by atoms with Gasteiger partial charge in [0.1, 0.15) is 5.76 Å². The van der Waals surface area contributed by atoms with Crippen LogP contribution in [0.4, 0.5) is 0 Å². The van der Waals surface area contributed by atoms with Crippen LogP contribution in [0.3, 0.4) is 0 Å². The van der Waals surface area contributed by atoms with Crippen molar-refractivity contribution in [3.05, 3.63) is 29.5 Å². The molecule has 3 saturated carbocycles. The highest BCUT2D eigenvalue weighted by molar-refractivity contribution is 5.93. The van der Waals surface area contributed by atoms with Crippen LogP contribution in [-0.2, 0) is 0 Å². The van der Waals surface area contributed by atoms with Crippen LogP contribution in [0.5, 0.6) is 0 Å². The lowest BCUT2D eigenvalue weighted by Crippen LogP contribution is -2.57. The summed E-state index contributed by atoms with van der Waals surface area (Å²) in [5.74, 6) is 2.17. The summed E-state index contributed by atoms with van der Waals surface area (Å²) in [7, 11) is 0. The van der Waals surface area contributed by atoms with E-state index in [1.54, 1.807) is 13.8 Å². The molecule has 0 saturated heterocycles. The molecule has 4 heteroatoms. The molecule has 1 N–H and O–H groups in total. The third kappa shape index (κ3) is 1.81. The number of rotatable bonds is 2. The van der Waals surface area contributed by atoms with Crippen LogP contribution in [0.2, 0.25) is 0 Å². The Morgan fingerprint density at radius 1 is 1.40 bits per heavy atom. The zero-order valence-electron chi connectivity index (χ0n) is 12.6. The van der Waals surface area contributed by atoms with E-state index in [-0.39, 0.29) is 11.9 Å². The smallest absolute Gasteiger partial charge is 0.274 e. The van der Waals surface area contributed by atoms with Crippen molar-refractivity contribution in [3.8, 4) is 0 Å². The number of oxazole rings is 1. The van der Waals surface area contributed by atoms with Crippen molar-refractivity contribution in [2.75, 3.05) is 0 Å². The molecule has 3 aliphatic carbocycles. The van der Waals surface area contributed by atoms with Gasteiger partial charge in [-0.2, -0.15) is 0 Å². The van der Waals surface area contributed by atoms with Crippen LogP contribution < -0.4 is 5.32 Å². The Balaban J connectivity index is 1.72. The minimum Gasteiger partial charge on any atom is -0.445 e. The summed E-state index contributed by atoms with van der Waals surface area (Å²) >= 11 is 0. The number of aromatic nitrogens is 1. The maximum atomic E-state index is 12.3. The Bertz CT molecular complexity index is 585. The van der Waals surface area contributed by atoms with Gasteiger partial charge in [0.15, 0.2) is 11.6 Å². The first kappa shape index (κ1) is 13.4. The summed E-state index contributed by atoms with van der Waals surface area (Å²) in [6, 6.07) is 0.0793. The molecular weight excluding hydrogens is 252 g/mol. The Morgan fingerprint density at radius 2 is 2.10 bits per heavy atom. The van der Waals surface area contributed by atoms with Crippen LogP contribution in [0, 0.1) is 31.1 Å². The maximum Gasteiger partial charge on any atom is 0.274 e. The number of carbonyl (C=O) groups excluding carboxylic acids is 1. The molecule has 0 aliphatic heterocycles. The van der Waals surface area contributed by atoms with E-state index in [9.17, 15) is 4.79 Å². The fourth-order valence-electron chi connectivity index (χ4n) is 3.84. The maximum absolute atomic E-state index is 12.3. The van der Waals surface area contributed by atoms with Crippen molar-refractivity contribution in [3.63, 3.8) is 0 Å². The molecule has 2 bridgehead atoms. The minimum absolute atomic E-state index is 0.0793. The number of fused-ring (bicyclic) bond motifs is 2. The van der Waals surface area contributed by atoms with Gasteiger partial charge in [0, 0.05) is 6.92 Å². The van der Waals surface area contributed by atoms with E-state index in [2.05, 4.69) is 30.7 Å². The van der Waals surface area contributed by atoms with Crippen LogP contribution in [-0.4, -0.2) is 16.9 Å².